The first-order valence-corrected chi connectivity index (χ1v) is 10.7. The van der Waals surface area contributed by atoms with E-state index >= 15 is 0 Å². The molecule has 0 saturated carbocycles. The second-order valence-electron chi connectivity index (χ2n) is 6.98. The lowest BCUT2D eigenvalue weighted by Crippen LogP contribution is -2.14. The average molecular weight is 411 g/mol. The summed E-state index contributed by atoms with van der Waals surface area (Å²) in [4.78, 5) is 12.2. The van der Waals surface area contributed by atoms with Crippen LogP contribution in [0.2, 0.25) is 0 Å². The van der Waals surface area contributed by atoms with Gasteiger partial charge in [0.15, 0.2) is 11.0 Å². The summed E-state index contributed by atoms with van der Waals surface area (Å²) in [5.41, 5.74) is 1.76. The number of nitrogens with one attached hydrogen (secondary N) is 1. The number of anilines is 1. The van der Waals surface area contributed by atoms with Crippen molar-refractivity contribution >= 4 is 23.4 Å². The van der Waals surface area contributed by atoms with Crippen molar-refractivity contribution in [2.45, 2.75) is 32.5 Å². The van der Waals surface area contributed by atoms with E-state index in [0.717, 1.165) is 34.5 Å². The van der Waals surface area contributed by atoms with Crippen molar-refractivity contribution in [2.24, 2.45) is 5.92 Å². The zero-order valence-corrected chi connectivity index (χ0v) is 17.8. The number of benzene rings is 2. The molecule has 0 unspecified atom stereocenters. The summed E-state index contributed by atoms with van der Waals surface area (Å²) in [5, 5.41) is 12.2. The molecule has 3 rings (SSSR count). The Balaban J connectivity index is 1.64. The maximum absolute atomic E-state index is 12.2. The Kier molecular flexibility index (Phi) is 7.30. The Labute approximate surface area is 175 Å². The molecule has 1 N–H and O–H groups in total. The second kappa shape index (κ2) is 10.1. The largest absolute Gasteiger partial charge is 0.493 e. The highest BCUT2D eigenvalue weighted by molar-refractivity contribution is 7.99. The van der Waals surface area contributed by atoms with Crippen LogP contribution in [0.5, 0.6) is 5.75 Å². The Morgan fingerprint density at radius 2 is 1.83 bits per heavy atom. The van der Waals surface area contributed by atoms with Crippen molar-refractivity contribution in [3.63, 3.8) is 0 Å². The van der Waals surface area contributed by atoms with Crippen LogP contribution in [0.4, 0.5) is 5.69 Å². The minimum atomic E-state index is -0.0694. The van der Waals surface area contributed by atoms with Crippen LogP contribution in [0.3, 0.4) is 0 Å². The lowest BCUT2D eigenvalue weighted by molar-refractivity contribution is -0.113. The van der Waals surface area contributed by atoms with Gasteiger partial charge < -0.3 is 14.6 Å². The maximum atomic E-state index is 12.2. The van der Waals surface area contributed by atoms with Gasteiger partial charge >= 0.3 is 0 Å². The number of carbonyl (C=O) groups is 1. The molecule has 0 spiro atoms. The molecule has 0 bridgehead atoms. The van der Waals surface area contributed by atoms with Crippen LogP contribution in [0.1, 0.15) is 20.8 Å². The molecule has 152 valence electrons. The van der Waals surface area contributed by atoms with Gasteiger partial charge in [0, 0.05) is 17.8 Å². The Morgan fingerprint density at radius 1 is 1.10 bits per heavy atom. The molecule has 0 aliphatic rings. The number of ether oxygens (including phenoxy) is 1. The fraction of sp³-hybridized carbons (Fsp3) is 0.318. The smallest absolute Gasteiger partial charge is 0.234 e. The molecule has 0 aliphatic heterocycles. The summed E-state index contributed by atoms with van der Waals surface area (Å²) in [6.07, 6.45) is 0. The number of amides is 1. The van der Waals surface area contributed by atoms with Gasteiger partial charge in [0.1, 0.15) is 5.75 Å². The van der Waals surface area contributed by atoms with Gasteiger partial charge in [0.25, 0.3) is 0 Å². The molecule has 2 aromatic carbocycles. The van der Waals surface area contributed by atoms with Crippen molar-refractivity contribution in [1.29, 1.82) is 0 Å². The first-order chi connectivity index (χ1) is 14.1. The van der Waals surface area contributed by atoms with Gasteiger partial charge in [0.2, 0.25) is 5.91 Å². The van der Waals surface area contributed by atoms with Crippen LogP contribution in [0.25, 0.3) is 11.4 Å². The van der Waals surface area contributed by atoms with Crippen molar-refractivity contribution in [1.82, 2.24) is 14.8 Å². The van der Waals surface area contributed by atoms with E-state index in [0.29, 0.717) is 12.5 Å². The second-order valence-corrected chi connectivity index (χ2v) is 7.93. The molecule has 7 heteroatoms. The molecule has 29 heavy (non-hydrogen) atoms. The molecule has 3 aromatic rings. The number of rotatable bonds is 9. The zero-order chi connectivity index (χ0) is 20.6. The van der Waals surface area contributed by atoms with E-state index in [1.807, 2.05) is 66.1 Å². The highest BCUT2D eigenvalue weighted by Crippen LogP contribution is 2.26. The highest BCUT2D eigenvalue weighted by atomic mass is 32.2. The van der Waals surface area contributed by atoms with Gasteiger partial charge in [-0.25, -0.2) is 0 Å². The fourth-order valence-corrected chi connectivity index (χ4v) is 3.51. The quantitative estimate of drug-likeness (QED) is 0.517. The molecule has 0 aliphatic carbocycles. The summed E-state index contributed by atoms with van der Waals surface area (Å²) < 4.78 is 7.76. The molecule has 0 saturated heterocycles. The van der Waals surface area contributed by atoms with Crippen molar-refractivity contribution in [3.8, 4) is 17.1 Å². The van der Waals surface area contributed by atoms with E-state index in [1.165, 1.54) is 11.8 Å². The van der Waals surface area contributed by atoms with Crippen LogP contribution in [-0.2, 0) is 11.3 Å². The third-order valence-electron chi connectivity index (χ3n) is 4.12. The minimum absolute atomic E-state index is 0.0694. The Bertz CT molecular complexity index is 924. The molecule has 0 atom stereocenters. The third-order valence-corrected chi connectivity index (χ3v) is 5.09. The molecule has 0 fully saturated rings. The topological polar surface area (TPSA) is 69.0 Å². The molecule has 1 aromatic heterocycles. The van der Waals surface area contributed by atoms with Gasteiger partial charge in [-0.1, -0.05) is 43.8 Å². The number of carbonyl (C=O) groups excluding carboxylic acids is 1. The molecular formula is C22H26N4O2S. The standard InChI is InChI=1S/C22H26N4O2S/c1-4-26-21(17-10-12-19(13-11-17)28-14-16(2)3)24-25-22(26)29-15-20(27)23-18-8-6-5-7-9-18/h5-13,16H,4,14-15H2,1-3H3,(H,23,27). The summed E-state index contributed by atoms with van der Waals surface area (Å²) >= 11 is 1.38. The van der Waals surface area contributed by atoms with Crippen molar-refractivity contribution in [3.05, 3.63) is 54.6 Å². The van der Waals surface area contributed by atoms with E-state index in [1.54, 1.807) is 0 Å². The summed E-state index contributed by atoms with van der Waals surface area (Å²) in [6.45, 7) is 7.70. The lowest BCUT2D eigenvalue weighted by atomic mass is 10.2. The van der Waals surface area contributed by atoms with Gasteiger partial charge in [-0.3, -0.25) is 4.79 Å². The summed E-state index contributed by atoms with van der Waals surface area (Å²) in [5.74, 6) is 2.32. The number of aromatic nitrogens is 3. The molecule has 1 amide bonds. The van der Waals surface area contributed by atoms with Gasteiger partial charge in [-0.2, -0.15) is 0 Å². The van der Waals surface area contributed by atoms with Crippen LogP contribution >= 0.6 is 11.8 Å². The van der Waals surface area contributed by atoms with Crippen molar-refractivity contribution in [2.75, 3.05) is 17.7 Å². The first kappa shape index (κ1) is 20.9. The van der Waals surface area contributed by atoms with Crippen molar-refractivity contribution < 1.29 is 9.53 Å². The monoisotopic (exact) mass is 410 g/mol. The first-order valence-electron chi connectivity index (χ1n) is 9.71. The molecule has 0 radical (unpaired) electrons. The number of hydrogen-bond donors (Lipinski definition) is 1. The molecule has 6 nitrogen and oxygen atoms in total. The van der Waals surface area contributed by atoms with E-state index in [2.05, 4.69) is 29.4 Å². The van der Waals surface area contributed by atoms with Crippen LogP contribution in [0, 0.1) is 5.92 Å². The summed E-state index contributed by atoms with van der Waals surface area (Å²) in [7, 11) is 0. The van der Waals surface area contributed by atoms with Gasteiger partial charge in [-0.05, 0) is 49.2 Å². The van der Waals surface area contributed by atoms with Gasteiger partial charge in [0.05, 0.1) is 12.4 Å². The number of thioether (sulfide) groups is 1. The zero-order valence-electron chi connectivity index (χ0n) is 17.0. The summed E-state index contributed by atoms with van der Waals surface area (Å²) in [6, 6.07) is 17.3. The minimum Gasteiger partial charge on any atom is -0.493 e. The van der Waals surface area contributed by atoms with E-state index < -0.39 is 0 Å². The lowest BCUT2D eigenvalue weighted by Gasteiger charge is -2.10. The van der Waals surface area contributed by atoms with E-state index in [9.17, 15) is 4.79 Å². The average Bonchev–Trinajstić information content (AvgIpc) is 3.14. The SMILES string of the molecule is CCn1c(SCC(=O)Nc2ccccc2)nnc1-c1ccc(OCC(C)C)cc1. The predicted molar refractivity (Wildman–Crippen MR) is 117 cm³/mol. The maximum Gasteiger partial charge on any atom is 0.234 e. The normalized spacial score (nSPS) is 10.9. The predicted octanol–water partition coefficient (Wildman–Crippen LogP) is 4.73. The fourth-order valence-electron chi connectivity index (χ4n) is 2.71. The number of nitrogens with zero attached hydrogens (tertiary/aromatic N) is 3. The van der Waals surface area contributed by atoms with E-state index in [-0.39, 0.29) is 11.7 Å². The number of para-hydroxylation sites is 1. The Morgan fingerprint density at radius 3 is 2.48 bits per heavy atom. The number of hydrogen-bond acceptors (Lipinski definition) is 5. The van der Waals surface area contributed by atoms with Gasteiger partial charge in [-0.15, -0.1) is 10.2 Å². The van der Waals surface area contributed by atoms with Crippen LogP contribution < -0.4 is 10.1 Å². The highest BCUT2D eigenvalue weighted by Gasteiger charge is 2.15. The molecule has 1 heterocycles. The van der Waals surface area contributed by atoms with Crippen LogP contribution in [0.15, 0.2) is 59.8 Å². The Hall–Kier alpha value is -2.80. The van der Waals surface area contributed by atoms with E-state index in [4.69, 9.17) is 4.74 Å². The van der Waals surface area contributed by atoms with Crippen LogP contribution in [-0.4, -0.2) is 33.0 Å². The third kappa shape index (κ3) is 5.84. The molecular weight excluding hydrogens is 384 g/mol.